The van der Waals surface area contributed by atoms with Crippen LogP contribution < -0.4 is 5.73 Å². The lowest BCUT2D eigenvalue weighted by molar-refractivity contribution is 0.0443. The molecule has 3 nitrogen and oxygen atoms in total. The van der Waals surface area contributed by atoms with Gasteiger partial charge in [-0.05, 0) is 25.1 Å². The van der Waals surface area contributed by atoms with Crippen molar-refractivity contribution >= 4 is 17.2 Å². The van der Waals surface area contributed by atoms with Crippen LogP contribution in [0.1, 0.15) is 18.1 Å². The van der Waals surface area contributed by atoms with Gasteiger partial charge in [-0.2, -0.15) is 0 Å². The fourth-order valence-electron chi connectivity index (χ4n) is 1.28. The fraction of sp³-hybridized carbons (Fsp3) is 0.417. The first-order valence-electron chi connectivity index (χ1n) is 5.39. The molecule has 0 heterocycles. The van der Waals surface area contributed by atoms with E-state index in [1.54, 1.807) is 12.1 Å². The van der Waals surface area contributed by atoms with Crippen molar-refractivity contribution in [2.45, 2.75) is 13.5 Å². The van der Waals surface area contributed by atoms with Crippen LogP contribution in [-0.2, 0) is 16.1 Å². The van der Waals surface area contributed by atoms with E-state index in [0.717, 1.165) is 0 Å². The van der Waals surface area contributed by atoms with Gasteiger partial charge in [-0.1, -0.05) is 12.2 Å². The minimum atomic E-state index is -0.318. The molecule has 1 aromatic rings. The Morgan fingerprint density at radius 3 is 2.71 bits per heavy atom. The van der Waals surface area contributed by atoms with Crippen molar-refractivity contribution < 1.29 is 13.9 Å². The first-order chi connectivity index (χ1) is 8.15. The molecule has 0 aromatic heterocycles. The van der Waals surface area contributed by atoms with Gasteiger partial charge in [-0.15, -0.1) is 0 Å². The predicted octanol–water partition coefficient (Wildman–Crippen LogP) is 2.01. The summed E-state index contributed by atoms with van der Waals surface area (Å²) in [6.45, 7) is 3.69. The van der Waals surface area contributed by atoms with Crippen LogP contribution in [0, 0.1) is 5.82 Å². The quantitative estimate of drug-likeness (QED) is 0.599. The summed E-state index contributed by atoms with van der Waals surface area (Å²) in [5.74, 6) is -0.318. The van der Waals surface area contributed by atoms with E-state index in [4.69, 9.17) is 27.4 Å². The van der Waals surface area contributed by atoms with E-state index >= 15 is 0 Å². The molecule has 0 aliphatic heterocycles. The molecule has 0 unspecified atom stereocenters. The third-order valence-electron chi connectivity index (χ3n) is 2.16. The van der Waals surface area contributed by atoms with Crippen molar-refractivity contribution in [3.05, 3.63) is 35.1 Å². The summed E-state index contributed by atoms with van der Waals surface area (Å²) < 4.78 is 23.8. The van der Waals surface area contributed by atoms with Gasteiger partial charge in [0.2, 0.25) is 0 Å². The van der Waals surface area contributed by atoms with Gasteiger partial charge in [0, 0.05) is 17.7 Å². The number of thiocarbonyl (C=S) groups is 1. The second-order valence-electron chi connectivity index (χ2n) is 3.42. The lowest BCUT2D eigenvalue weighted by atomic mass is 10.1. The molecule has 0 aliphatic rings. The molecular formula is C12H16FNO2S. The number of nitrogens with two attached hydrogens (primary N) is 1. The summed E-state index contributed by atoms with van der Waals surface area (Å²) in [4.78, 5) is 0.251. The molecule has 1 rings (SSSR count). The first-order valence-corrected chi connectivity index (χ1v) is 5.79. The van der Waals surface area contributed by atoms with E-state index in [2.05, 4.69) is 0 Å². The molecule has 0 atom stereocenters. The Labute approximate surface area is 106 Å². The van der Waals surface area contributed by atoms with Crippen molar-refractivity contribution in [3.63, 3.8) is 0 Å². The fourth-order valence-corrected chi connectivity index (χ4v) is 1.41. The maximum absolute atomic E-state index is 13.4. The van der Waals surface area contributed by atoms with Crippen molar-refractivity contribution in [2.75, 3.05) is 19.8 Å². The van der Waals surface area contributed by atoms with Crippen LogP contribution >= 0.6 is 12.2 Å². The third-order valence-corrected chi connectivity index (χ3v) is 2.40. The van der Waals surface area contributed by atoms with Crippen molar-refractivity contribution in [2.24, 2.45) is 5.73 Å². The normalized spacial score (nSPS) is 10.5. The highest BCUT2D eigenvalue weighted by Gasteiger charge is 2.05. The number of halogens is 1. The molecule has 0 aliphatic carbocycles. The minimum absolute atomic E-state index is 0.190. The summed E-state index contributed by atoms with van der Waals surface area (Å²) in [7, 11) is 0. The maximum Gasteiger partial charge on any atom is 0.128 e. The molecule has 0 fully saturated rings. The lowest BCUT2D eigenvalue weighted by Gasteiger charge is -2.07. The van der Waals surface area contributed by atoms with Crippen LogP contribution in [0.2, 0.25) is 0 Å². The molecule has 0 spiro atoms. The average Bonchev–Trinajstić information content (AvgIpc) is 2.30. The zero-order valence-corrected chi connectivity index (χ0v) is 10.6. The van der Waals surface area contributed by atoms with Gasteiger partial charge in [0.15, 0.2) is 0 Å². The molecule has 2 N–H and O–H groups in total. The number of hydrogen-bond donors (Lipinski definition) is 1. The molecule has 0 bridgehead atoms. The van der Waals surface area contributed by atoms with Gasteiger partial charge in [-0.3, -0.25) is 0 Å². The minimum Gasteiger partial charge on any atom is -0.389 e. The molecule has 17 heavy (non-hydrogen) atoms. The largest absolute Gasteiger partial charge is 0.389 e. The highest BCUT2D eigenvalue weighted by atomic mass is 32.1. The van der Waals surface area contributed by atoms with E-state index in [0.29, 0.717) is 30.9 Å². The standard InChI is InChI=1S/C12H16FNO2S/c1-2-15-5-6-16-8-10-7-9(12(14)17)3-4-11(10)13/h3-4,7H,2,5-6,8H2,1H3,(H2,14,17). The Morgan fingerprint density at radius 1 is 1.35 bits per heavy atom. The van der Waals surface area contributed by atoms with E-state index in [1.165, 1.54) is 6.07 Å². The van der Waals surface area contributed by atoms with Crippen LogP contribution in [0.5, 0.6) is 0 Å². The Bertz CT molecular complexity index is 385. The van der Waals surface area contributed by atoms with Gasteiger partial charge in [0.05, 0.1) is 19.8 Å². The number of rotatable bonds is 7. The smallest absolute Gasteiger partial charge is 0.128 e. The van der Waals surface area contributed by atoms with Crippen LogP contribution in [0.4, 0.5) is 4.39 Å². The molecule has 0 saturated carbocycles. The Morgan fingerprint density at radius 2 is 2.06 bits per heavy atom. The summed E-state index contributed by atoms with van der Waals surface area (Å²) in [6, 6.07) is 4.51. The van der Waals surface area contributed by atoms with Crippen LogP contribution in [-0.4, -0.2) is 24.8 Å². The Kier molecular flexibility index (Phi) is 6.04. The molecule has 5 heteroatoms. The van der Waals surface area contributed by atoms with Crippen molar-refractivity contribution in [1.29, 1.82) is 0 Å². The second-order valence-corrected chi connectivity index (χ2v) is 3.86. The van der Waals surface area contributed by atoms with Crippen LogP contribution in [0.25, 0.3) is 0 Å². The second kappa shape index (κ2) is 7.32. The molecule has 0 amide bonds. The average molecular weight is 257 g/mol. The zero-order valence-electron chi connectivity index (χ0n) is 9.74. The maximum atomic E-state index is 13.4. The Balaban J connectivity index is 2.51. The monoisotopic (exact) mass is 257 g/mol. The van der Waals surface area contributed by atoms with E-state index in [9.17, 15) is 4.39 Å². The van der Waals surface area contributed by atoms with Gasteiger partial charge >= 0.3 is 0 Å². The SMILES string of the molecule is CCOCCOCc1cc(C(N)=S)ccc1F. The summed E-state index contributed by atoms with van der Waals surface area (Å²) in [6.07, 6.45) is 0. The van der Waals surface area contributed by atoms with Gasteiger partial charge in [-0.25, -0.2) is 4.39 Å². The van der Waals surface area contributed by atoms with Gasteiger partial charge in [0.25, 0.3) is 0 Å². The molecule has 0 saturated heterocycles. The van der Waals surface area contributed by atoms with E-state index < -0.39 is 0 Å². The molecule has 0 radical (unpaired) electrons. The highest BCUT2D eigenvalue weighted by molar-refractivity contribution is 7.80. The molecular weight excluding hydrogens is 241 g/mol. The van der Waals surface area contributed by atoms with Crippen molar-refractivity contribution in [3.8, 4) is 0 Å². The summed E-state index contributed by atoms with van der Waals surface area (Å²) >= 11 is 4.83. The predicted molar refractivity (Wildman–Crippen MR) is 68.4 cm³/mol. The number of ether oxygens (including phenoxy) is 2. The first kappa shape index (κ1) is 14.0. The zero-order chi connectivity index (χ0) is 12.7. The van der Waals surface area contributed by atoms with Crippen molar-refractivity contribution in [1.82, 2.24) is 0 Å². The summed E-state index contributed by atoms with van der Waals surface area (Å²) in [5, 5.41) is 0. The third kappa shape index (κ3) is 4.77. The lowest BCUT2D eigenvalue weighted by Crippen LogP contribution is -2.11. The Hall–Kier alpha value is -1.04. The van der Waals surface area contributed by atoms with E-state index in [-0.39, 0.29) is 17.4 Å². The van der Waals surface area contributed by atoms with E-state index in [1.807, 2.05) is 6.92 Å². The van der Waals surface area contributed by atoms with Gasteiger partial charge < -0.3 is 15.2 Å². The molecule has 94 valence electrons. The highest BCUT2D eigenvalue weighted by Crippen LogP contribution is 2.11. The molecule has 1 aromatic carbocycles. The number of hydrogen-bond acceptors (Lipinski definition) is 3. The topological polar surface area (TPSA) is 44.5 Å². The summed E-state index contributed by atoms with van der Waals surface area (Å²) in [5.41, 5.74) is 6.57. The van der Waals surface area contributed by atoms with Gasteiger partial charge in [0.1, 0.15) is 10.8 Å². The van der Waals surface area contributed by atoms with Crippen LogP contribution in [0.3, 0.4) is 0 Å². The number of benzene rings is 1. The van der Waals surface area contributed by atoms with Crippen LogP contribution in [0.15, 0.2) is 18.2 Å².